The highest BCUT2D eigenvalue weighted by atomic mass is 32.2. The zero-order valence-electron chi connectivity index (χ0n) is 28.7. The van der Waals surface area contributed by atoms with Gasteiger partial charge in [-0.1, -0.05) is 77.4 Å². The van der Waals surface area contributed by atoms with Gasteiger partial charge in [-0.2, -0.15) is 4.31 Å². The van der Waals surface area contributed by atoms with Gasteiger partial charge in [0.2, 0.25) is 10.0 Å². The Kier molecular flexibility index (Phi) is 12.7. The molecule has 0 saturated heterocycles. The molecule has 3 rings (SSSR count). The van der Waals surface area contributed by atoms with E-state index in [1.54, 1.807) is 44.6 Å². The Morgan fingerprint density at radius 3 is 1.76 bits per heavy atom. The summed E-state index contributed by atoms with van der Waals surface area (Å²) in [7, 11) is 0.0722. The molecular formula is C35H51NO7SSi. The van der Waals surface area contributed by atoms with Gasteiger partial charge in [0.05, 0.1) is 25.7 Å². The summed E-state index contributed by atoms with van der Waals surface area (Å²) in [5, 5.41) is 0. The standard InChI is InChI=1S/C35H51NO7SSi/c1-24(2)45(25(3)4,26(5)6)43-30-17-14-28(15-18-30)34-29(16-21-32(39-8)35(34)42-11)22-36(23-33(40-9)41-10)44(37,38)31-19-12-27(7)13-20-31/h12-21,24-26,33H,22-23H2,1-11H3. The van der Waals surface area contributed by atoms with Crippen molar-refractivity contribution in [3.63, 3.8) is 0 Å². The zero-order chi connectivity index (χ0) is 33.5. The van der Waals surface area contributed by atoms with Gasteiger partial charge in [-0.3, -0.25) is 0 Å². The Bertz CT molecular complexity index is 1460. The Hall–Kier alpha value is -2.89. The number of methoxy groups -OCH3 is 4. The van der Waals surface area contributed by atoms with E-state index < -0.39 is 24.6 Å². The molecule has 0 fully saturated rings. The quantitative estimate of drug-likeness (QED) is 0.114. The maximum absolute atomic E-state index is 14.0. The van der Waals surface area contributed by atoms with Crippen molar-refractivity contribution in [2.24, 2.45) is 0 Å². The highest BCUT2D eigenvalue weighted by molar-refractivity contribution is 7.89. The van der Waals surface area contributed by atoms with Gasteiger partial charge in [-0.25, -0.2) is 8.42 Å². The molecule has 0 amide bonds. The summed E-state index contributed by atoms with van der Waals surface area (Å²) in [6.07, 6.45) is -0.766. The molecule has 0 N–H and O–H groups in total. The molecule has 0 radical (unpaired) electrons. The van der Waals surface area contributed by atoms with E-state index >= 15 is 0 Å². The fraction of sp³-hybridized carbons (Fsp3) is 0.486. The van der Waals surface area contributed by atoms with Crippen LogP contribution in [0.15, 0.2) is 65.6 Å². The van der Waals surface area contributed by atoms with E-state index in [0.29, 0.717) is 28.1 Å². The van der Waals surface area contributed by atoms with Crippen LogP contribution < -0.4 is 13.9 Å². The second-order valence-corrected chi connectivity index (χ2v) is 19.6. The fourth-order valence-electron chi connectivity index (χ4n) is 6.37. The monoisotopic (exact) mass is 657 g/mol. The van der Waals surface area contributed by atoms with Crippen molar-refractivity contribution in [2.75, 3.05) is 35.0 Å². The van der Waals surface area contributed by atoms with Crippen molar-refractivity contribution in [3.8, 4) is 28.4 Å². The van der Waals surface area contributed by atoms with Crippen LogP contribution in [0.2, 0.25) is 16.6 Å². The second kappa shape index (κ2) is 15.6. The predicted octanol–water partition coefficient (Wildman–Crippen LogP) is 8.04. The normalized spacial score (nSPS) is 12.5. The minimum absolute atomic E-state index is 0.0178. The Labute approximate surface area is 271 Å². The molecule has 0 aliphatic rings. The van der Waals surface area contributed by atoms with Gasteiger partial charge < -0.3 is 23.4 Å². The number of hydrogen-bond acceptors (Lipinski definition) is 7. The van der Waals surface area contributed by atoms with Gasteiger partial charge in [0.15, 0.2) is 17.8 Å². The molecule has 0 aromatic heterocycles. The SMILES string of the molecule is COc1ccc(CN(CC(OC)OC)S(=O)(=O)c2ccc(C)cc2)c(-c2ccc(O[Si](C(C)C)(C(C)C)C(C)C)cc2)c1OC. The summed E-state index contributed by atoms with van der Waals surface area (Å²) in [6.45, 7) is 15.5. The molecule has 3 aromatic rings. The number of ether oxygens (including phenoxy) is 4. The molecule has 0 heterocycles. The summed E-state index contributed by atoms with van der Waals surface area (Å²) in [4.78, 5) is 0.190. The number of nitrogens with zero attached hydrogens (tertiary/aromatic N) is 1. The van der Waals surface area contributed by atoms with Gasteiger partial charge in [-0.05, 0) is 65.0 Å². The molecule has 0 bridgehead atoms. The average Bonchev–Trinajstić information content (AvgIpc) is 3.01. The van der Waals surface area contributed by atoms with Crippen molar-refractivity contribution >= 4 is 18.3 Å². The third-order valence-corrected chi connectivity index (χ3v) is 16.5. The molecule has 0 atom stereocenters. The van der Waals surface area contributed by atoms with Crippen molar-refractivity contribution in [2.45, 2.75) is 82.8 Å². The molecule has 0 saturated carbocycles. The lowest BCUT2D eigenvalue weighted by Gasteiger charge is -2.42. The van der Waals surface area contributed by atoms with Crippen LogP contribution in [0.4, 0.5) is 0 Å². The van der Waals surface area contributed by atoms with Crippen molar-refractivity contribution in [1.82, 2.24) is 4.31 Å². The number of hydrogen-bond donors (Lipinski definition) is 0. The van der Waals surface area contributed by atoms with E-state index in [4.69, 9.17) is 23.4 Å². The van der Waals surface area contributed by atoms with Crippen molar-refractivity contribution in [1.29, 1.82) is 0 Å². The first kappa shape index (κ1) is 36.6. The first-order valence-electron chi connectivity index (χ1n) is 15.4. The molecule has 45 heavy (non-hydrogen) atoms. The molecule has 3 aromatic carbocycles. The van der Waals surface area contributed by atoms with Crippen LogP contribution in [0.25, 0.3) is 11.1 Å². The van der Waals surface area contributed by atoms with Crippen LogP contribution in [0.1, 0.15) is 52.7 Å². The van der Waals surface area contributed by atoms with Gasteiger partial charge in [0, 0.05) is 26.3 Å². The summed E-state index contributed by atoms with van der Waals surface area (Å²) in [5.41, 5.74) is 4.60. The molecule has 0 spiro atoms. The highest BCUT2D eigenvalue weighted by Gasteiger charge is 2.47. The molecule has 10 heteroatoms. The van der Waals surface area contributed by atoms with Gasteiger partial charge in [-0.15, -0.1) is 0 Å². The molecular weight excluding hydrogens is 607 g/mol. The van der Waals surface area contributed by atoms with E-state index in [9.17, 15) is 8.42 Å². The van der Waals surface area contributed by atoms with Crippen LogP contribution in [-0.2, 0) is 26.0 Å². The predicted molar refractivity (Wildman–Crippen MR) is 183 cm³/mol. The van der Waals surface area contributed by atoms with Gasteiger partial charge >= 0.3 is 0 Å². The Morgan fingerprint density at radius 2 is 1.29 bits per heavy atom. The number of benzene rings is 3. The number of aryl methyl sites for hydroxylation is 1. The molecule has 0 unspecified atom stereocenters. The van der Waals surface area contributed by atoms with E-state index in [2.05, 4.69) is 41.5 Å². The van der Waals surface area contributed by atoms with Crippen LogP contribution in [0.5, 0.6) is 17.2 Å². The molecule has 248 valence electrons. The van der Waals surface area contributed by atoms with Crippen LogP contribution in [0.3, 0.4) is 0 Å². The summed E-state index contributed by atoms with van der Waals surface area (Å²) < 4.78 is 58.8. The lowest BCUT2D eigenvalue weighted by Crippen LogP contribution is -2.50. The molecule has 0 aliphatic carbocycles. The minimum Gasteiger partial charge on any atom is -0.543 e. The molecule has 8 nitrogen and oxygen atoms in total. The summed E-state index contributed by atoms with van der Waals surface area (Å²) in [5.74, 6) is 1.89. The van der Waals surface area contributed by atoms with Crippen LogP contribution in [0, 0.1) is 6.92 Å². The fourth-order valence-corrected chi connectivity index (χ4v) is 13.0. The maximum Gasteiger partial charge on any atom is 0.258 e. The van der Waals surface area contributed by atoms with E-state index in [1.807, 2.05) is 37.3 Å². The third kappa shape index (κ3) is 7.92. The first-order valence-corrected chi connectivity index (χ1v) is 19.0. The minimum atomic E-state index is -3.93. The Morgan fingerprint density at radius 1 is 0.733 bits per heavy atom. The smallest absolute Gasteiger partial charge is 0.258 e. The highest BCUT2D eigenvalue weighted by Crippen LogP contribution is 2.45. The Balaban J connectivity index is 2.15. The number of sulfonamides is 1. The maximum atomic E-state index is 14.0. The lowest BCUT2D eigenvalue weighted by atomic mass is 9.97. The van der Waals surface area contributed by atoms with Crippen LogP contribution in [-0.4, -0.2) is 62.3 Å². The van der Waals surface area contributed by atoms with Gasteiger partial charge in [0.1, 0.15) is 5.75 Å². The average molecular weight is 658 g/mol. The summed E-state index contributed by atoms with van der Waals surface area (Å²) in [6, 6.07) is 18.5. The lowest BCUT2D eigenvalue weighted by molar-refractivity contribution is -0.108. The summed E-state index contributed by atoms with van der Waals surface area (Å²) >= 11 is 0. The zero-order valence-corrected chi connectivity index (χ0v) is 30.5. The largest absolute Gasteiger partial charge is 0.543 e. The van der Waals surface area contributed by atoms with Crippen LogP contribution >= 0.6 is 0 Å². The van der Waals surface area contributed by atoms with E-state index in [1.165, 1.54) is 18.5 Å². The first-order chi connectivity index (χ1) is 21.3. The molecule has 0 aliphatic heterocycles. The van der Waals surface area contributed by atoms with Crippen molar-refractivity contribution < 1.29 is 31.8 Å². The van der Waals surface area contributed by atoms with E-state index in [0.717, 1.165) is 28.0 Å². The second-order valence-electron chi connectivity index (χ2n) is 12.3. The van der Waals surface area contributed by atoms with E-state index in [-0.39, 0.29) is 18.0 Å². The van der Waals surface area contributed by atoms with Crippen molar-refractivity contribution in [3.05, 3.63) is 71.8 Å². The third-order valence-electron chi connectivity index (χ3n) is 8.66. The van der Waals surface area contributed by atoms with Gasteiger partial charge in [0.25, 0.3) is 8.32 Å². The topological polar surface area (TPSA) is 83.5 Å². The number of rotatable bonds is 16.